The lowest BCUT2D eigenvalue weighted by Crippen LogP contribution is -2.45. The molecule has 1 heterocycles. The zero-order chi connectivity index (χ0) is 9.84. The zero-order valence-electron chi connectivity index (χ0n) is 8.32. The molecule has 1 saturated heterocycles. The molecule has 0 aromatic rings. The molecule has 0 aromatic heterocycles. The molecule has 1 aliphatic heterocycles. The minimum atomic E-state index is 0.0245. The Labute approximate surface area is 79.0 Å². The normalized spacial score (nSPS) is 23.7. The van der Waals surface area contributed by atoms with Crippen LogP contribution in [0.1, 0.15) is 26.7 Å². The van der Waals surface area contributed by atoms with Gasteiger partial charge in [-0.2, -0.15) is 0 Å². The minimum absolute atomic E-state index is 0.0245. The van der Waals surface area contributed by atoms with Crippen molar-refractivity contribution in [1.29, 1.82) is 0 Å². The van der Waals surface area contributed by atoms with E-state index in [1.807, 2.05) is 18.7 Å². The van der Waals surface area contributed by atoms with E-state index in [4.69, 9.17) is 10.7 Å². The molecule has 76 valence electrons. The van der Waals surface area contributed by atoms with Crippen LogP contribution in [-0.2, 0) is 9.63 Å². The van der Waals surface area contributed by atoms with E-state index in [2.05, 4.69) is 0 Å². The van der Waals surface area contributed by atoms with Gasteiger partial charge in [-0.25, -0.2) is 5.90 Å². The molecule has 1 aliphatic rings. The Morgan fingerprint density at radius 2 is 2.31 bits per heavy atom. The van der Waals surface area contributed by atoms with E-state index in [-0.39, 0.29) is 17.9 Å². The molecule has 2 N–H and O–H groups in total. The summed E-state index contributed by atoms with van der Waals surface area (Å²) in [6.45, 7) is 5.31. The number of amides is 1. The van der Waals surface area contributed by atoms with Gasteiger partial charge < -0.3 is 4.90 Å². The van der Waals surface area contributed by atoms with Gasteiger partial charge in [-0.1, -0.05) is 13.8 Å². The van der Waals surface area contributed by atoms with Crippen LogP contribution in [0.4, 0.5) is 0 Å². The number of piperidine rings is 1. The molecule has 0 radical (unpaired) electrons. The van der Waals surface area contributed by atoms with Gasteiger partial charge in [-0.05, 0) is 12.8 Å². The van der Waals surface area contributed by atoms with Gasteiger partial charge in [0.15, 0.2) is 0 Å². The maximum Gasteiger partial charge on any atom is 0.225 e. The third-order valence-corrected chi connectivity index (χ3v) is 2.38. The maximum atomic E-state index is 11.6. The molecule has 1 fully saturated rings. The first-order valence-corrected chi connectivity index (χ1v) is 4.79. The lowest BCUT2D eigenvalue weighted by Gasteiger charge is -2.32. The third kappa shape index (κ3) is 2.67. The van der Waals surface area contributed by atoms with Crippen LogP contribution in [0.5, 0.6) is 0 Å². The fourth-order valence-corrected chi connectivity index (χ4v) is 1.61. The molecule has 4 nitrogen and oxygen atoms in total. The lowest BCUT2D eigenvalue weighted by atomic mass is 10.1. The second-order valence-corrected chi connectivity index (χ2v) is 3.84. The second-order valence-electron chi connectivity index (χ2n) is 3.84. The fourth-order valence-electron chi connectivity index (χ4n) is 1.61. The first-order chi connectivity index (χ1) is 6.15. The van der Waals surface area contributed by atoms with Crippen molar-refractivity contribution < 1.29 is 9.63 Å². The average Bonchev–Trinajstić information content (AvgIpc) is 2.16. The second kappa shape index (κ2) is 4.58. The highest BCUT2D eigenvalue weighted by Gasteiger charge is 2.24. The Hall–Kier alpha value is -0.610. The summed E-state index contributed by atoms with van der Waals surface area (Å²) >= 11 is 0. The molecule has 1 unspecified atom stereocenters. The highest BCUT2D eigenvalue weighted by atomic mass is 16.6. The molecule has 0 saturated carbocycles. The van der Waals surface area contributed by atoms with Gasteiger partial charge in [-0.3, -0.25) is 9.63 Å². The van der Waals surface area contributed by atoms with Crippen LogP contribution >= 0.6 is 0 Å². The largest absolute Gasteiger partial charge is 0.340 e. The van der Waals surface area contributed by atoms with Gasteiger partial charge in [-0.15, -0.1) is 0 Å². The van der Waals surface area contributed by atoms with Gasteiger partial charge >= 0.3 is 0 Å². The molecule has 0 aliphatic carbocycles. The number of nitrogens with zero attached hydrogens (tertiary/aromatic N) is 1. The molecule has 1 amide bonds. The SMILES string of the molecule is CC(C)C(=O)N1CCCC(ON)C1. The highest BCUT2D eigenvalue weighted by Crippen LogP contribution is 2.14. The van der Waals surface area contributed by atoms with Crippen molar-refractivity contribution in [3.8, 4) is 0 Å². The fraction of sp³-hybridized carbons (Fsp3) is 0.889. The Kier molecular flexibility index (Phi) is 3.69. The number of carbonyl (C=O) groups is 1. The van der Waals surface area contributed by atoms with Crippen molar-refractivity contribution in [2.45, 2.75) is 32.8 Å². The summed E-state index contributed by atoms with van der Waals surface area (Å²) in [5.74, 6) is 5.37. The van der Waals surface area contributed by atoms with Crippen LogP contribution in [0.25, 0.3) is 0 Å². The van der Waals surface area contributed by atoms with Crippen molar-refractivity contribution in [2.75, 3.05) is 13.1 Å². The first-order valence-electron chi connectivity index (χ1n) is 4.79. The van der Waals surface area contributed by atoms with Crippen molar-refractivity contribution >= 4 is 5.91 Å². The Bertz CT molecular complexity index is 182. The van der Waals surface area contributed by atoms with Crippen LogP contribution in [0, 0.1) is 5.92 Å². The van der Waals surface area contributed by atoms with Crippen LogP contribution in [0.2, 0.25) is 0 Å². The zero-order valence-corrected chi connectivity index (χ0v) is 8.32. The van der Waals surface area contributed by atoms with E-state index in [1.165, 1.54) is 0 Å². The number of likely N-dealkylation sites (tertiary alicyclic amines) is 1. The first kappa shape index (κ1) is 10.5. The third-order valence-electron chi connectivity index (χ3n) is 2.38. The number of rotatable bonds is 2. The van der Waals surface area contributed by atoms with Gasteiger partial charge in [0.05, 0.1) is 6.10 Å². The molecular weight excluding hydrogens is 168 g/mol. The van der Waals surface area contributed by atoms with Crippen LogP contribution in [0.15, 0.2) is 0 Å². The average molecular weight is 186 g/mol. The minimum Gasteiger partial charge on any atom is -0.340 e. The lowest BCUT2D eigenvalue weighted by molar-refractivity contribution is -0.138. The van der Waals surface area contributed by atoms with E-state index in [0.717, 1.165) is 19.4 Å². The van der Waals surface area contributed by atoms with E-state index in [1.54, 1.807) is 0 Å². The highest BCUT2D eigenvalue weighted by molar-refractivity contribution is 5.78. The molecule has 1 atom stereocenters. The molecular formula is C9H18N2O2. The van der Waals surface area contributed by atoms with Gasteiger partial charge in [0.25, 0.3) is 0 Å². The molecule has 0 bridgehead atoms. The van der Waals surface area contributed by atoms with Crippen LogP contribution in [-0.4, -0.2) is 30.0 Å². The molecule has 0 aromatic carbocycles. The predicted octanol–water partition coefficient (Wildman–Crippen LogP) is 0.524. The molecule has 1 rings (SSSR count). The monoisotopic (exact) mass is 186 g/mol. The van der Waals surface area contributed by atoms with E-state index < -0.39 is 0 Å². The van der Waals surface area contributed by atoms with E-state index in [0.29, 0.717) is 6.54 Å². The van der Waals surface area contributed by atoms with Gasteiger partial charge in [0.2, 0.25) is 5.91 Å². The maximum absolute atomic E-state index is 11.6. The van der Waals surface area contributed by atoms with Crippen molar-refractivity contribution in [1.82, 2.24) is 4.90 Å². The number of nitrogens with two attached hydrogens (primary N) is 1. The van der Waals surface area contributed by atoms with Gasteiger partial charge in [0.1, 0.15) is 0 Å². The number of hydrogen-bond acceptors (Lipinski definition) is 3. The Morgan fingerprint density at radius 1 is 1.62 bits per heavy atom. The number of carbonyl (C=O) groups excluding carboxylic acids is 1. The standard InChI is InChI=1S/C9H18N2O2/c1-7(2)9(12)11-5-3-4-8(6-11)13-10/h7-8H,3-6,10H2,1-2H3. The summed E-state index contributed by atoms with van der Waals surface area (Å²) in [5, 5.41) is 0. The van der Waals surface area contributed by atoms with Crippen LogP contribution in [0.3, 0.4) is 0 Å². The molecule has 4 heteroatoms. The van der Waals surface area contributed by atoms with E-state index in [9.17, 15) is 4.79 Å². The summed E-state index contributed by atoms with van der Waals surface area (Å²) in [7, 11) is 0. The Morgan fingerprint density at radius 3 is 2.85 bits per heavy atom. The van der Waals surface area contributed by atoms with E-state index >= 15 is 0 Å². The molecule has 0 spiro atoms. The number of hydrogen-bond donors (Lipinski definition) is 1. The van der Waals surface area contributed by atoms with Crippen molar-refractivity contribution in [2.24, 2.45) is 11.8 Å². The van der Waals surface area contributed by atoms with Crippen LogP contribution < -0.4 is 5.90 Å². The topological polar surface area (TPSA) is 55.6 Å². The van der Waals surface area contributed by atoms with Crippen molar-refractivity contribution in [3.05, 3.63) is 0 Å². The molecule has 13 heavy (non-hydrogen) atoms. The van der Waals surface area contributed by atoms with Crippen molar-refractivity contribution in [3.63, 3.8) is 0 Å². The van der Waals surface area contributed by atoms with Gasteiger partial charge in [0, 0.05) is 19.0 Å². The summed E-state index contributed by atoms with van der Waals surface area (Å²) in [6, 6.07) is 0. The smallest absolute Gasteiger partial charge is 0.225 e. The quantitative estimate of drug-likeness (QED) is 0.640. The Balaban J connectivity index is 2.46. The summed E-state index contributed by atoms with van der Waals surface area (Å²) in [6.07, 6.45) is 1.97. The summed E-state index contributed by atoms with van der Waals surface area (Å²) in [5.41, 5.74) is 0. The predicted molar refractivity (Wildman–Crippen MR) is 49.7 cm³/mol. The summed E-state index contributed by atoms with van der Waals surface area (Å²) < 4.78 is 0. The summed E-state index contributed by atoms with van der Waals surface area (Å²) in [4.78, 5) is 18.2.